The monoisotopic (exact) mass is 360 g/mol. The van der Waals surface area contributed by atoms with Gasteiger partial charge in [-0.05, 0) is 63.1 Å². The van der Waals surface area contributed by atoms with Gasteiger partial charge in [0.05, 0.1) is 0 Å². The van der Waals surface area contributed by atoms with Crippen LogP contribution in [0, 0.1) is 6.92 Å². The highest BCUT2D eigenvalue weighted by Crippen LogP contribution is 2.52. The molecule has 1 aliphatic rings. The molecule has 0 spiro atoms. The number of fused-ring (bicyclic) bond motifs is 3. The number of aryl methyl sites for hydroxylation is 1. The van der Waals surface area contributed by atoms with Gasteiger partial charge in [-0.3, -0.25) is 0 Å². The summed E-state index contributed by atoms with van der Waals surface area (Å²) in [6.45, 7) is 6.87. The minimum absolute atomic E-state index is 0.0366. The van der Waals surface area contributed by atoms with E-state index >= 15 is 0 Å². The van der Waals surface area contributed by atoms with Crippen LogP contribution in [0.2, 0.25) is 0 Å². The molecule has 5 rings (SSSR count). The predicted octanol–water partition coefficient (Wildman–Crippen LogP) is 7.64. The molecule has 0 N–H and O–H groups in total. The Kier molecular flexibility index (Phi) is 3.77. The topological polar surface area (TPSA) is 0 Å². The normalized spacial score (nSPS) is 13.8. The quantitative estimate of drug-likeness (QED) is 0.344. The molecule has 0 aliphatic heterocycles. The summed E-state index contributed by atoms with van der Waals surface area (Å²) in [5.74, 6) is 0. The fraction of sp³-hybridized carbons (Fsp3) is 0.143. The van der Waals surface area contributed by atoms with Gasteiger partial charge >= 0.3 is 0 Å². The summed E-state index contributed by atoms with van der Waals surface area (Å²) in [4.78, 5) is 0. The molecule has 4 aromatic rings. The molecule has 136 valence electrons. The maximum atomic E-state index is 2.36. The first-order valence-electron chi connectivity index (χ1n) is 9.97. The number of hydrogen-bond acceptors (Lipinski definition) is 0. The molecule has 0 amide bonds. The van der Waals surface area contributed by atoms with Gasteiger partial charge in [-0.15, -0.1) is 0 Å². The highest BCUT2D eigenvalue weighted by Gasteiger charge is 2.36. The van der Waals surface area contributed by atoms with Crippen molar-refractivity contribution in [1.29, 1.82) is 0 Å². The zero-order valence-electron chi connectivity index (χ0n) is 16.7. The van der Waals surface area contributed by atoms with Crippen molar-refractivity contribution >= 4 is 0 Å². The molecule has 0 heteroatoms. The first-order chi connectivity index (χ1) is 13.6. The highest BCUT2D eigenvalue weighted by atomic mass is 14.4. The molecule has 0 bridgehead atoms. The van der Waals surface area contributed by atoms with Crippen molar-refractivity contribution in [2.24, 2.45) is 0 Å². The lowest BCUT2D eigenvalue weighted by atomic mass is 9.82. The standard InChI is InChI=1S/C28H24/c1-19-16-17-21(18-24(19)20-10-5-4-6-11-20)22-13-9-15-26-27(22)23-12-7-8-14-25(23)28(26,2)3/h4-18H,1-3H3. The van der Waals surface area contributed by atoms with Crippen molar-refractivity contribution in [3.8, 4) is 33.4 Å². The van der Waals surface area contributed by atoms with Crippen LogP contribution in [0.5, 0.6) is 0 Å². The summed E-state index contributed by atoms with van der Waals surface area (Å²) in [7, 11) is 0. The summed E-state index contributed by atoms with van der Waals surface area (Å²) in [6, 6.07) is 33.2. The van der Waals surface area contributed by atoms with Crippen molar-refractivity contribution in [3.05, 3.63) is 108 Å². The Balaban J connectivity index is 1.76. The van der Waals surface area contributed by atoms with Crippen LogP contribution in [0.3, 0.4) is 0 Å². The highest BCUT2D eigenvalue weighted by molar-refractivity contribution is 5.93. The average molecular weight is 361 g/mol. The molecule has 0 saturated carbocycles. The minimum atomic E-state index is 0.0366. The molecule has 0 atom stereocenters. The van der Waals surface area contributed by atoms with Crippen LogP contribution in [-0.4, -0.2) is 0 Å². The molecule has 0 heterocycles. The van der Waals surface area contributed by atoms with Crippen LogP contribution in [0.15, 0.2) is 91.0 Å². The Morgan fingerprint density at radius 2 is 1.21 bits per heavy atom. The molecule has 0 unspecified atom stereocenters. The van der Waals surface area contributed by atoms with Gasteiger partial charge in [-0.1, -0.05) is 98.8 Å². The zero-order valence-corrected chi connectivity index (χ0v) is 16.7. The predicted molar refractivity (Wildman–Crippen MR) is 120 cm³/mol. The fourth-order valence-electron chi connectivity index (χ4n) is 4.71. The van der Waals surface area contributed by atoms with E-state index in [4.69, 9.17) is 0 Å². The number of hydrogen-bond donors (Lipinski definition) is 0. The van der Waals surface area contributed by atoms with Crippen LogP contribution in [0.25, 0.3) is 33.4 Å². The number of benzene rings is 4. The molecule has 0 nitrogen and oxygen atoms in total. The third-order valence-corrected chi connectivity index (χ3v) is 6.24. The SMILES string of the molecule is Cc1ccc(-c2cccc3c2-c2ccccc2C3(C)C)cc1-c1ccccc1. The molecule has 0 saturated heterocycles. The number of rotatable bonds is 2. The van der Waals surface area contributed by atoms with Gasteiger partial charge in [0.1, 0.15) is 0 Å². The Bertz CT molecular complexity index is 1180. The second-order valence-corrected chi connectivity index (χ2v) is 8.29. The van der Waals surface area contributed by atoms with E-state index in [0.29, 0.717) is 0 Å². The van der Waals surface area contributed by atoms with E-state index < -0.39 is 0 Å². The zero-order chi connectivity index (χ0) is 19.3. The molecule has 28 heavy (non-hydrogen) atoms. The fourth-order valence-corrected chi connectivity index (χ4v) is 4.71. The van der Waals surface area contributed by atoms with Gasteiger partial charge in [0.25, 0.3) is 0 Å². The Hall–Kier alpha value is -3.12. The third kappa shape index (κ3) is 2.45. The largest absolute Gasteiger partial charge is 0.0622 e. The second kappa shape index (κ2) is 6.21. The Morgan fingerprint density at radius 3 is 2.04 bits per heavy atom. The van der Waals surface area contributed by atoms with Crippen LogP contribution in [0.1, 0.15) is 30.5 Å². The summed E-state index contributed by atoms with van der Waals surface area (Å²) < 4.78 is 0. The van der Waals surface area contributed by atoms with Crippen molar-refractivity contribution in [1.82, 2.24) is 0 Å². The maximum Gasteiger partial charge on any atom is 0.0159 e. The lowest BCUT2D eigenvalue weighted by molar-refractivity contribution is 0.660. The van der Waals surface area contributed by atoms with Gasteiger partial charge in [0.2, 0.25) is 0 Å². The first kappa shape index (κ1) is 17.0. The molecular weight excluding hydrogens is 336 g/mol. The van der Waals surface area contributed by atoms with Gasteiger partial charge in [0, 0.05) is 5.41 Å². The molecular formula is C28H24. The Labute approximate surface area is 167 Å². The second-order valence-electron chi connectivity index (χ2n) is 8.29. The third-order valence-electron chi connectivity index (χ3n) is 6.24. The molecule has 0 radical (unpaired) electrons. The lowest BCUT2D eigenvalue weighted by Crippen LogP contribution is -2.14. The van der Waals surface area contributed by atoms with E-state index in [1.54, 1.807) is 0 Å². The van der Waals surface area contributed by atoms with E-state index in [2.05, 4.69) is 112 Å². The molecule has 0 aromatic heterocycles. The van der Waals surface area contributed by atoms with E-state index in [1.165, 1.54) is 50.1 Å². The van der Waals surface area contributed by atoms with E-state index in [-0.39, 0.29) is 5.41 Å². The molecule has 0 fully saturated rings. The Morgan fingerprint density at radius 1 is 0.536 bits per heavy atom. The van der Waals surface area contributed by atoms with Gasteiger partial charge < -0.3 is 0 Å². The van der Waals surface area contributed by atoms with E-state index in [0.717, 1.165) is 0 Å². The van der Waals surface area contributed by atoms with Crippen molar-refractivity contribution in [3.63, 3.8) is 0 Å². The smallest absolute Gasteiger partial charge is 0.0159 e. The summed E-state index contributed by atoms with van der Waals surface area (Å²) in [5, 5.41) is 0. The van der Waals surface area contributed by atoms with Crippen molar-refractivity contribution < 1.29 is 0 Å². The summed E-state index contributed by atoms with van der Waals surface area (Å²) >= 11 is 0. The maximum absolute atomic E-state index is 2.36. The average Bonchev–Trinajstić information content (AvgIpc) is 2.97. The summed E-state index contributed by atoms with van der Waals surface area (Å²) in [5.41, 5.74) is 12.2. The van der Waals surface area contributed by atoms with Gasteiger partial charge in [-0.2, -0.15) is 0 Å². The lowest BCUT2D eigenvalue weighted by Gasteiger charge is -2.21. The minimum Gasteiger partial charge on any atom is -0.0622 e. The van der Waals surface area contributed by atoms with Crippen LogP contribution < -0.4 is 0 Å². The van der Waals surface area contributed by atoms with Crippen LogP contribution in [0.4, 0.5) is 0 Å². The first-order valence-corrected chi connectivity index (χ1v) is 9.97. The van der Waals surface area contributed by atoms with Gasteiger partial charge in [-0.25, -0.2) is 0 Å². The van der Waals surface area contributed by atoms with E-state index in [9.17, 15) is 0 Å². The van der Waals surface area contributed by atoms with Crippen LogP contribution in [-0.2, 0) is 5.41 Å². The molecule has 4 aromatic carbocycles. The van der Waals surface area contributed by atoms with Crippen LogP contribution >= 0.6 is 0 Å². The van der Waals surface area contributed by atoms with Gasteiger partial charge in [0.15, 0.2) is 0 Å². The van der Waals surface area contributed by atoms with Crippen molar-refractivity contribution in [2.75, 3.05) is 0 Å². The van der Waals surface area contributed by atoms with E-state index in [1.807, 2.05) is 0 Å². The summed E-state index contributed by atoms with van der Waals surface area (Å²) in [6.07, 6.45) is 0. The van der Waals surface area contributed by atoms with Crippen molar-refractivity contribution in [2.45, 2.75) is 26.2 Å². The molecule has 1 aliphatic carbocycles.